The van der Waals surface area contributed by atoms with Gasteiger partial charge in [0.15, 0.2) is 6.29 Å². The van der Waals surface area contributed by atoms with Crippen LogP contribution < -0.4 is 5.32 Å². The molecule has 0 fully saturated rings. The van der Waals surface area contributed by atoms with E-state index >= 15 is 0 Å². The van der Waals surface area contributed by atoms with Crippen molar-refractivity contribution in [3.05, 3.63) is 23.0 Å². The molecule has 0 saturated carbocycles. The number of aldehydes is 1. The second kappa shape index (κ2) is 9.92. The highest BCUT2D eigenvalue weighted by molar-refractivity contribution is 5.82. The molecular weight excluding hydrogens is 332 g/mol. The molecule has 0 bridgehead atoms. The number of hydrogen-bond acceptors (Lipinski definition) is 6. The van der Waals surface area contributed by atoms with Gasteiger partial charge in [-0.3, -0.25) is 9.59 Å². The minimum Gasteiger partial charge on any atom is -0.480 e. The first kappa shape index (κ1) is 20.8. The van der Waals surface area contributed by atoms with Crippen molar-refractivity contribution in [2.45, 2.75) is 51.5 Å². The van der Waals surface area contributed by atoms with Crippen molar-refractivity contribution in [2.75, 3.05) is 6.61 Å². The van der Waals surface area contributed by atoms with E-state index in [4.69, 9.17) is 10.2 Å². The van der Waals surface area contributed by atoms with Gasteiger partial charge >= 0.3 is 5.97 Å². The number of unbranched alkanes of at least 4 members (excludes halogenated alkanes) is 1. The Labute approximate surface area is 144 Å². The fourth-order valence-electron chi connectivity index (χ4n) is 2.70. The van der Waals surface area contributed by atoms with Crippen molar-refractivity contribution in [1.29, 1.82) is 0 Å². The fourth-order valence-corrected chi connectivity index (χ4v) is 2.70. The zero-order valence-electron chi connectivity index (χ0n) is 14.0. The molecule has 0 spiro atoms. The molecule has 9 heteroatoms. The second-order valence-corrected chi connectivity index (χ2v) is 5.71. The number of aromatic nitrogens is 1. The molecule has 1 aromatic heterocycles. The summed E-state index contributed by atoms with van der Waals surface area (Å²) in [6.45, 7) is 0.654. The molecule has 0 radical (unpaired) electrons. The number of aryl methyl sites for hydroxylation is 1. The third-order valence-electron chi connectivity index (χ3n) is 3.85. The summed E-state index contributed by atoms with van der Waals surface area (Å²) in [5.41, 5.74) is 0.717. The lowest BCUT2D eigenvalue weighted by atomic mass is 10.1. The Hall–Kier alpha value is -2.23. The zero-order chi connectivity index (χ0) is 19.0. The van der Waals surface area contributed by atoms with Gasteiger partial charge in [-0.25, -0.2) is 4.79 Å². The summed E-state index contributed by atoms with van der Waals surface area (Å²) < 4.78 is 1.56. The Morgan fingerprint density at radius 2 is 2.00 bits per heavy atom. The van der Waals surface area contributed by atoms with E-state index in [1.54, 1.807) is 4.57 Å². The first-order valence-electron chi connectivity index (χ1n) is 7.92. The van der Waals surface area contributed by atoms with Gasteiger partial charge in [0.1, 0.15) is 12.1 Å². The lowest BCUT2D eigenvalue weighted by molar-refractivity contribution is -0.141. The smallest absolute Gasteiger partial charge is 0.326 e. The molecule has 2 unspecified atom stereocenters. The van der Waals surface area contributed by atoms with E-state index in [2.05, 4.69) is 5.32 Å². The number of amides is 1. The van der Waals surface area contributed by atoms with Gasteiger partial charge in [-0.1, -0.05) is 0 Å². The lowest BCUT2D eigenvalue weighted by Crippen LogP contribution is -2.39. The number of carboxylic acid groups (broad SMARTS) is 1. The van der Waals surface area contributed by atoms with Crippen LogP contribution in [0, 0.1) is 0 Å². The van der Waals surface area contributed by atoms with Crippen molar-refractivity contribution in [3.8, 4) is 0 Å². The van der Waals surface area contributed by atoms with Crippen LogP contribution in [0.1, 0.15) is 53.9 Å². The number of aliphatic hydroxyl groups excluding tert-OH is 3. The summed E-state index contributed by atoms with van der Waals surface area (Å²) in [5, 5.41) is 39.6. The third kappa shape index (κ3) is 5.66. The van der Waals surface area contributed by atoms with Crippen LogP contribution in [-0.4, -0.2) is 55.8 Å². The summed E-state index contributed by atoms with van der Waals surface area (Å²) in [6, 6.07) is -0.965. The number of carbonyl (C=O) groups is 3. The first-order chi connectivity index (χ1) is 11.8. The number of nitrogens with zero attached hydrogens (tertiary/aromatic N) is 1. The maximum absolute atomic E-state index is 11.3. The molecular formula is C16H24N2O7. The Morgan fingerprint density at radius 3 is 2.48 bits per heavy atom. The zero-order valence-corrected chi connectivity index (χ0v) is 14.0. The molecule has 25 heavy (non-hydrogen) atoms. The Kier molecular flexibility index (Phi) is 8.26. The quantitative estimate of drug-likeness (QED) is 0.267. The van der Waals surface area contributed by atoms with Crippen LogP contribution >= 0.6 is 0 Å². The molecule has 9 nitrogen and oxygen atoms in total. The summed E-state index contributed by atoms with van der Waals surface area (Å²) in [7, 11) is 0. The van der Waals surface area contributed by atoms with Gasteiger partial charge in [-0.05, 0) is 19.3 Å². The SMILES string of the molecule is CC(=O)NC(CCCCn1cc(CO)c(C(O)CO)c1C=O)C(=O)O. The first-order valence-corrected chi connectivity index (χ1v) is 7.92. The van der Waals surface area contributed by atoms with Gasteiger partial charge in [-0.2, -0.15) is 0 Å². The maximum atomic E-state index is 11.3. The van der Waals surface area contributed by atoms with Gasteiger partial charge in [-0.15, -0.1) is 0 Å². The molecule has 1 rings (SSSR count). The molecule has 1 amide bonds. The van der Waals surface area contributed by atoms with Crippen molar-refractivity contribution < 1.29 is 34.8 Å². The highest BCUT2D eigenvalue weighted by Gasteiger charge is 2.21. The predicted octanol–water partition coefficient (Wildman–Crippen LogP) is -0.422. The summed E-state index contributed by atoms with van der Waals surface area (Å²) >= 11 is 0. The minimum atomic E-state index is -1.26. The predicted molar refractivity (Wildman–Crippen MR) is 86.9 cm³/mol. The average Bonchev–Trinajstić information content (AvgIpc) is 2.93. The number of carbonyl (C=O) groups excluding carboxylic acids is 2. The molecule has 0 aliphatic carbocycles. The number of aliphatic carboxylic acids is 1. The molecule has 2 atom stereocenters. The van der Waals surface area contributed by atoms with Crippen molar-refractivity contribution in [3.63, 3.8) is 0 Å². The average molecular weight is 356 g/mol. The van der Waals surface area contributed by atoms with Gasteiger partial charge in [0, 0.05) is 30.8 Å². The van der Waals surface area contributed by atoms with Gasteiger partial charge < -0.3 is 30.3 Å². The summed E-state index contributed by atoms with van der Waals surface area (Å²) in [4.78, 5) is 33.4. The van der Waals surface area contributed by atoms with E-state index in [0.717, 1.165) is 0 Å². The second-order valence-electron chi connectivity index (χ2n) is 5.71. The molecule has 0 aliphatic heterocycles. The van der Waals surface area contributed by atoms with Crippen LogP contribution in [0.4, 0.5) is 0 Å². The summed E-state index contributed by atoms with van der Waals surface area (Å²) in [5.74, 6) is -1.53. The van der Waals surface area contributed by atoms with Crippen LogP contribution in [-0.2, 0) is 22.7 Å². The number of hydrogen-bond donors (Lipinski definition) is 5. The maximum Gasteiger partial charge on any atom is 0.326 e. The van der Waals surface area contributed by atoms with Crippen LogP contribution in [0.5, 0.6) is 0 Å². The normalized spacial score (nSPS) is 13.3. The standard InChI is InChI=1S/C16H24N2O7/c1-10(22)17-12(16(24)25)4-2-3-5-18-6-11(7-19)15(13(18)8-20)14(23)9-21/h6,8,12,14,19,21,23H,2-5,7,9H2,1H3,(H,17,22)(H,24,25). The summed E-state index contributed by atoms with van der Waals surface area (Å²) in [6.07, 6.45) is 2.06. The molecule has 0 aromatic carbocycles. The molecule has 1 heterocycles. The van der Waals surface area contributed by atoms with Crippen molar-refractivity contribution >= 4 is 18.2 Å². The molecule has 0 aliphatic rings. The van der Waals surface area contributed by atoms with E-state index in [9.17, 15) is 24.6 Å². The largest absolute Gasteiger partial charge is 0.480 e. The lowest BCUT2D eigenvalue weighted by Gasteiger charge is -2.13. The van der Waals surface area contributed by atoms with Gasteiger partial charge in [0.25, 0.3) is 0 Å². The van der Waals surface area contributed by atoms with E-state index in [-0.39, 0.29) is 24.3 Å². The van der Waals surface area contributed by atoms with Gasteiger partial charge in [0.05, 0.1) is 18.9 Å². The van der Waals surface area contributed by atoms with Crippen LogP contribution in [0.3, 0.4) is 0 Å². The molecule has 1 aromatic rings. The number of carboxylic acids is 1. The van der Waals surface area contributed by atoms with Crippen LogP contribution in [0.25, 0.3) is 0 Å². The van der Waals surface area contributed by atoms with Gasteiger partial charge in [0.2, 0.25) is 5.91 Å². The Morgan fingerprint density at radius 1 is 1.32 bits per heavy atom. The monoisotopic (exact) mass is 356 g/mol. The van der Waals surface area contributed by atoms with E-state index in [1.165, 1.54) is 13.1 Å². The number of aliphatic hydroxyl groups is 3. The van der Waals surface area contributed by atoms with Crippen LogP contribution in [0.2, 0.25) is 0 Å². The third-order valence-corrected chi connectivity index (χ3v) is 3.85. The van der Waals surface area contributed by atoms with Crippen molar-refractivity contribution in [1.82, 2.24) is 9.88 Å². The highest BCUT2D eigenvalue weighted by atomic mass is 16.4. The fraction of sp³-hybridized carbons (Fsp3) is 0.562. The molecule has 0 saturated heterocycles. The minimum absolute atomic E-state index is 0.169. The number of nitrogens with one attached hydrogen (secondary N) is 1. The van der Waals surface area contributed by atoms with E-state index in [1.807, 2.05) is 0 Å². The Balaban J connectivity index is 2.74. The highest BCUT2D eigenvalue weighted by Crippen LogP contribution is 2.24. The van der Waals surface area contributed by atoms with E-state index in [0.29, 0.717) is 31.2 Å². The van der Waals surface area contributed by atoms with E-state index < -0.39 is 30.6 Å². The molecule has 5 N–H and O–H groups in total. The van der Waals surface area contributed by atoms with Crippen LogP contribution in [0.15, 0.2) is 6.20 Å². The number of rotatable bonds is 11. The molecule has 140 valence electrons. The Bertz CT molecular complexity index is 612. The topological polar surface area (TPSA) is 149 Å². The van der Waals surface area contributed by atoms with Crippen molar-refractivity contribution in [2.24, 2.45) is 0 Å².